The Morgan fingerprint density at radius 2 is 1.65 bits per heavy atom. The monoisotopic (exact) mass is 328 g/mol. The summed E-state index contributed by atoms with van der Waals surface area (Å²) in [4.78, 5) is 23.3. The molecule has 0 fully saturated rings. The Balaban J connectivity index is 4.69. The SMILES string of the molecule is CCCCC(CCCC(=O)OCCC)(CCC(C)C)OC(C)=O. The molecule has 1 unspecified atom stereocenters. The van der Waals surface area contributed by atoms with Crippen molar-refractivity contribution in [1.29, 1.82) is 0 Å². The highest BCUT2D eigenvalue weighted by atomic mass is 16.6. The van der Waals surface area contributed by atoms with Gasteiger partial charge in [-0.05, 0) is 50.9 Å². The fourth-order valence-corrected chi connectivity index (χ4v) is 2.73. The van der Waals surface area contributed by atoms with Crippen LogP contribution in [0.25, 0.3) is 0 Å². The van der Waals surface area contributed by atoms with Crippen LogP contribution in [0.3, 0.4) is 0 Å². The summed E-state index contributed by atoms with van der Waals surface area (Å²) in [7, 11) is 0. The van der Waals surface area contributed by atoms with Gasteiger partial charge in [-0.15, -0.1) is 0 Å². The molecule has 23 heavy (non-hydrogen) atoms. The van der Waals surface area contributed by atoms with E-state index in [0.29, 0.717) is 25.4 Å². The van der Waals surface area contributed by atoms with Crippen LogP contribution in [0.2, 0.25) is 0 Å². The quantitative estimate of drug-likeness (QED) is 0.445. The maximum Gasteiger partial charge on any atom is 0.305 e. The van der Waals surface area contributed by atoms with Crippen molar-refractivity contribution in [1.82, 2.24) is 0 Å². The van der Waals surface area contributed by atoms with Gasteiger partial charge in [0.05, 0.1) is 6.61 Å². The third-order valence-corrected chi connectivity index (χ3v) is 4.00. The fourth-order valence-electron chi connectivity index (χ4n) is 2.73. The Bertz CT molecular complexity index is 338. The van der Waals surface area contributed by atoms with E-state index < -0.39 is 5.60 Å². The van der Waals surface area contributed by atoms with Crippen LogP contribution in [0.5, 0.6) is 0 Å². The van der Waals surface area contributed by atoms with Crippen molar-refractivity contribution >= 4 is 11.9 Å². The highest BCUT2D eigenvalue weighted by Gasteiger charge is 2.32. The van der Waals surface area contributed by atoms with E-state index in [-0.39, 0.29) is 11.9 Å². The lowest BCUT2D eigenvalue weighted by Crippen LogP contribution is -2.35. The predicted octanol–water partition coefficient (Wildman–Crippen LogP) is 5.04. The second-order valence-electron chi connectivity index (χ2n) is 6.89. The molecule has 0 rings (SSSR count). The maximum atomic E-state index is 11.7. The van der Waals surface area contributed by atoms with E-state index in [9.17, 15) is 9.59 Å². The van der Waals surface area contributed by atoms with Crippen molar-refractivity contribution in [3.63, 3.8) is 0 Å². The van der Waals surface area contributed by atoms with Crippen molar-refractivity contribution in [2.24, 2.45) is 5.92 Å². The molecule has 0 aromatic carbocycles. The Labute approximate surface area is 142 Å². The molecule has 0 saturated carbocycles. The van der Waals surface area contributed by atoms with E-state index in [1.807, 2.05) is 6.92 Å². The average Bonchev–Trinajstić information content (AvgIpc) is 2.48. The largest absolute Gasteiger partial charge is 0.466 e. The van der Waals surface area contributed by atoms with Crippen LogP contribution in [0, 0.1) is 5.92 Å². The van der Waals surface area contributed by atoms with Gasteiger partial charge in [-0.1, -0.05) is 34.1 Å². The van der Waals surface area contributed by atoms with Crippen LogP contribution in [0.15, 0.2) is 0 Å². The Morgan fingerprint density at radius 1 is 1.00 bits per heavy atom. The summed E-state index contributed by atoms with van der Waals surface area (Å²) in [6.45, 7) is 10.4. The van der Waals surface area contributed by atoms with Gasteiger partial charge in [-0.25, -0.2) is 0 Å². The summed E-state index contributed by atoms with van der Waals surface area (Å²) < 4.78 is 10.9. The lowest BCUT2D eigenvalue weighted by molar-refractivity contribution is -0.160. The Morgan fingerprint density at radius 3 is 2.17 bits per heavy atom. The molecule has 0 radical (unpaired) electrons. The summed E-state index contributed by atoms with van der Waals surface area (Å²) in [6, 6.07) is 0. The molecule has 0 aliphatic heterocycles. The van der Waals surface area contributed by atoms with Gasteiger partial charge in [0.1, 0.15) is 5.60 Å². The molecule has 0 N–H and O–H groups in total. The number of ether oxygens (including phenoxy) is 2. The van der Waals surface area contributed by atoms with Gasteiger partial charge in [0, 0.05) is 13.3 Å². The van der Waals surface area contributed by atoms with Gasteiger partial charge in [-0.2, -0.15) is 0 Å². The van der Waals surface area contributed by atoms with Crippen molar-refractivity contribution < 1.29 is 19.1 Å². The van der Waals surface area contributed by atoms with Crippen LogP contribution < -0.4 is 0 Å². The molecule has 0 aliphatic rings. The van der Waals surface area contributed by atoms with Crippen molar-refractivity contribution in [2.75, 3.05) is 6.61 Å². The molecule has 0 bridgehead atoms. The lowest BCUT2D eigenvalue weighted by atomic mass is 9.84. The van der Waals surface area contributed by atoms with E-state index in [1.165, 1.54) is 6.92 Å². The second-order valence-corrected chi connectivity index (χ2v) is 6.89. The molecule has 0 aromatic heterocycles. The molecule has 0 aliphatic carbocycles. The van der Waals surface area contributed by atoms with Crippen molar-refractivity contribution in [3.8, 4) is 0 Å². The molecule has 0 aromatic rings. The van der Waals surface area contributed by atoms with Gasteiger partial charge < -0.3 is 9.47 Å². The normalized spacial score (nSPS) is 13.7. The number of hydrogen-bond donors (Lipinski definition) is 0. The summed E-state index contributed by atoms with van der Waals surface area (Å²) >= 11 is 0. The predicted molar refractivity (Wildman–Crippen MR) is 93.2 cm³/mol. The molecule has 136 valence electrons. The second kappa shape index (κ2) is 12.4. The Hall–Kier alpha value is -1.06. The first-order valence-corrected chi connectivity index (χ1v) is 9.20. The summed E-state index contributed by atoms with van der Waals surface area (Å²) in [5.74, 6) is 0.197. The third-order valence-electron chi connectivity index (χ3n) is 4.00. The molecule has 4 heteroatoms. The molecule has 0 spiro atoms. The number of hydrogen-bond acceptors (Lipinski definition) is 4. The van der Waals surface area contributed by atoms with E-state index in [4.69, 9.17) is 9.47 Å². The minimum atomic E-state index is -0.419. The van der Waals surface area contributed by atoms with E-state index >= 15 is 0 Å². The number of unbranched alkanes of at least 4 members (excludes halogenated alkanes) is 1. The van der Waals surface area contributed by atoms with Crippen LogP contribution in [0.1, 0.15) is 92.4 Å². The van der Waals surface area contributed by atoms with Gasteiger partial charge in [0.2, 0.25) is 0 Å². The molecular formula is C19H36O4. The summed E-state index contributed by atoms with van der Waals surface area (Å²) in [5, 5.41) is 0. The van der Waals surface area contributed by atoms with Crippen molar-refractivity contribution in [3.05, 3.63) is 0 Å². The summed E-state index contributed by atoms with van der Waals surface area (Å²) in [5.41, 5.74) is -0.419. The molecule has 0 saturated heterocycles. The fraction of sp³-hybridized carbons (Fsp3) is 0.895. The first kappa shape index (κ1) is 21.9. The smallest absolute Gasteiger partial charge is 0.305 e. The molecule has 0 amide bonds. The number of carbonyl (C=O) groups excluding carboxylic acids is 2. The zero-order chi connectivity index (χ0) is 17.7. The van der Waals surface area contributed by atoms with Crippen LogP contribution in [-0.4, -0.2) is 24.1 Å². The van der Waals surface area contributed by atoms with Gasteiger partial charge in [0.15, 0.2) is 0 Å². The number of carbonyl (C=O) groups is 2. The highest BCUT2D eigenvalue weighted by molar-refractivity contribution is 5.69. The highest BCUT2D eigenvalue weighted by Crippen LogP contribution is 2.32. The minimum Gasteiger partial charge on any atom is -0.466 e. The van der Waals surface area contributed by atoms with Gasteiger partial charge in [-0.3, -0.25) is 9.59 Å². The van der Waals surface area contributed by atoms with Crippen LogP contribution >= 0.6 is 0 Å². The van der Waals surface area contributed by atoms with Gasteiger partial charge in [0.25, 0.3) is 0 Å². The molecule has 0 heterocycles. The average molecular weight is 328 g/mol. The number of esters is 2. The topological polar surface area (TPSA) is 52.6 Å². The zero-order valence-corrected chi connectivity index (χ0v) is 15.8. The van der Waals surface area contributed by atoms with Crippen LogP contribution in [0.4, 0.5) is 0 Å². The Kier molecular flexibility index (Phi) is 11.8. The first-order chi connectivity index (χ1) is 10.8. The van der Waals surface area contributed by atoms with E-state index in [0.717, 1.165) is 44.9 Å². The van der Waals surface area contributed by atoms with Crippen LogP contribution in [-0.2, 0) is 19.1 Å². The molecule has 1 atom stereocenters. The van der Waals surface area contributed by atoms with E-state index in [2.05, 4.69) is 20.8 Å². The maximum absolute atomic E-state index is 11.7. The third kappa shape index (κ3) is 11.2. The standard InChI is InChI=1S/C19H36O4/c1-6-8-12-19(23-17(5)20,14-11-16(3)4)13-9-10-18(21)22-15-7-2/h16H,6-15H2,1-5H3. The van der Waals surface area contributed by atoms with E-state index in [1.54, 1.807) is 0 Å². The minimum absolute atomic E-state index is 0.150. The lowest BCUT2D eigenvalue weighted by Gasteiger charge is -2.34. The van der Waals surface area contributed by atoms with Gasteiger partial charge >= 0.3 is 11.9 Å². The zero-order valence-electron chi connectivity index (χ0n) is 15.8. The summed E-state index contributed by atoms with van der Waals surface area (Å²) in [6.07, 6.45) is 7.56. The first-order valence-electron chi connectivity index (χ1n) is 9.20. The molecule has 4 nitrogen and oxygen atoms in total. The van der Waals surface area contributed by atoms with Crippen molar-refractivity contribution in [2.45, 2.75) is 98.0 Å². The number of rotatable bonds is 13. The molecular weight excluding hydrogens is 292 g/mol.